The third-order valence-electron chi connectivity index (χ3n) is 1.08. The summed E-state index contributed by atoms with van der Waals surface area (Å²) < 4.78 is 4.73. The van der Waals surface area contributed by atoms with Gasteiger partial charge in [-0.15, -0.1) is 0 Å². The predicted octanol–water partition coefficient (Wildman–Crippen LogP) is -2.01. The van der Waals surface area contributed by atoms with E-state index in [0.29, 0.717) is 25.6 Å². The van der Waals surface area contributed by atoms with E-state index in [1.54, 1.807) is 6.92 Å². The molecule has 0 amide bonds. The second-order valence-corrected chi connectivity index (χ2v) is 4.45. The van der Waals surface area contributed by atoms with Crippen LogP contribution in [0.2, 0.25) is 6.04 Å². The minimum atomic E-state index is -3.30. The summed E-state index contributed by atoms with van der Waals surface area (Å²) in [6.45, 7) is 4.31. The van der Waals surface area contributed by atoms with Crippen molar-refractivity contribution < 1.29 is 34.2 Å². The number of carboxylic acid groups (broad SMARTS) is 1. The standard InChI is InChI=1S/C5H15NO3Si.CH2O2.CH2O.H2O/c1-2-9-10(7,8)5-3-4-6;2-1-3;1-2;/h7-8H,2-6H2,1H3;1H,(H,2,3);1H2;1H2. The third-order valence-corrected chi connectivity index (χ3v) is 2.84. The zero-order valence-electron chi connectivity index (χ0n) is 9.26. The van der Waals surface area contributed by atoms with Gasteiger partial charge in [-0.2, -0.15) is 0 Å². The van der Waals surface area contributed by atoms with Crippen LogP contribution in [0.1, 0.15) is 13.3 Å². The second-order valence-electron chi connectivity index (χ2n) is 2.17. The molecule has 0 atom stereocenters. The number of hydrogen-bond acceptors (Lipinski definition) is 6. The molecule has 0 aliphatic rings. The first kappa shape index (κ1) is 24.4. The van der Waals surface area contributed by atoms with Crippen LogP contribution < -0.4 is 5.73 Å². The van der Waals surface area contributed by atoms with E-state index in [9.17, 15) is 0 Å². The number of nitrogens with two attached hydrogens (primary N) is 1. The molecular formula is C7H21NO7Si. The molecule has 0 radical (unpaired) electrons. The summed E-state index contributed by atoms with van der Waals surface area (Å²) in [5.74, 6) is 0. The highest BCUT2D eigenvalue weighted by molar-refractivity contribution is 6.57. The average Bonchev–Trinajstić information content (AvgIpc) is 2.19. The summed E-state index contributed by atoms with van der Waals surface area (Å²) in [7, 11) is -3.30. The molecule has 0 saturated carbocycles. The van der Waals surface area contributed by atoms with Crippen LogP contribution in [0.5, 0.6) is 0 Å². The Balaban J connectivity index is -0.000000104. The van der Waals surface area contributed by atoms with E-state index >= 15 is 0 Å². The van der Waals surface area contributed by atoms with E-state index in [4.69, 9.17) is 34.4 Å². The SMILES string of the molecule is C=O.CCO[Si](O)(O)CCCN.O.O=CO. The van der Waals surface area contributed by atoms with Crippen LogP contribution in [0.25, 0.3) is 0 Å². The molecule has 100 valence electrons. The molecule has 9 heteroatoms. The molecule has 0 fully saturated rings. The highest BCUT2D eigenvalue weighted by Gasteiger charge is 2.30. The van der Waals surface area contributed by atoms with Crippen LogP contribution in [-0.4, -0.2) is 55.4 Å². The van der Waals surface area contributed by atoms with Crippen LogP contribution in [0.15, 0.2) is 0 Å². The van der Waals surface area contributed by atoms with Crippen LogP contribution in [0, 0.1) is 0 Å². The molecule has 0 aromatic carbocycles. The predicted molar refractivity (Wildman–Crippen MR) is 59.7 cm³/mol. The molecule has 0 bridgehead atoms. The normalized spacial score (nSPS) is 8.50. The Kier molecular flexibility index (Phi) is 30.0. The number of rotatable bonds is 5. The van der Waals surface area contributed by atoms with E-state index < -0.39 is 8.80 Å². The highest BCUT2D eigenvalue weighted by Crippen LogP contribution is 2.05. The van der Waals surface area contributed by atoms with Crippen molar-refractivity contribution in [1.29, 1.82) is 0 Å². The molecule has 16 heavy (non-hydrogen) atoms. The summed E-state index contributed by atoms with van der Waals surface area (Å²) in [5, 5.41) is 6.89. The minimum Gasteiger partial charge on any atom is -0.483 e. The van der Waals surface area contributed by atoms with E-state index in [0.717, 1.165) is 0 Å². The Morgan fingerprint density at radius 1 is 1.44 bits per heavy atom. The maximum absolute atomic E-state index is 9.06. The lowest BCUT2D eigenvalue weighted by Gasteiger charge is -2.15. The van der Waals surface area contributed by atoms with E-state index in [1.165, 1.54) is 0 Å². The monoisotopic (exact) mass is 259 g/mol. The van der Waals surface area contributed by atoms with E-state index in [2.05, 4.69) is 0 Å². The molecule has 0 spiro atoms. The molecule has 0 heterocycles. The van der Waals surface area contributed by atoms with Crippen molar-refractivity contribution in [3.63, 3.8) is 0 Å². The zero-order chi connectivity index (χ0) is 12.7. The molecule has 8 nitrogen and oxygen atoms in total. The molecule has 0 aromatic rings. The summed E-state index contributed by atoms with van der Waals surface area (Å²) >= 11 is 0. The van der Waals surface area contributed by atoms with Crippen molar-refractivity contribution >= 4 is 22.1 Å². The molecule has 0 aromatic heterocycles. The summed E-state index contributed by atoms with van der Waals surface area (Å²) in [6.07, 6.45) is 0.610. The Morgan fingerprint density at radius 3 is 2.06 bits per heavy atom. The van der Waals surface area contributed by atoms with Crippen molar-refractivity contribution in [2.45, 2.75) is 19.4 Å². The zero-order valence-corrected chi connectivity index (χ0v) is 10.3. The van der Waals surface area contributed by atoms with Crippen molar-refractivity contribution in [2.24, 2.45) is 5.73 Å². The maximum atomic E-state index is 9.06. The van der Waals surface area contributed by atoms with Gasteiger partial charge in [0.25, 0.3) is 6.47 Å². The molecule has 0 aliphatic carbocycles. The van der Waals surface area contributed by atoms with Gasteiger partial charge in [0.2, 0.25) is 0 Å². The summed E-state index contributed by atoms with van der Waals surface area (Å²) in [6, 6.07) is 0.303. The highest BCUT2D eigenvalue weighted by atomic mass is 28.4. The molecule has 0 rings (SSSR count). The Labute approximate surface area is 95.3 Å². The van der Waals surface area contributed by atoms with Gasteiger partial charge in [-0.3, -0.25) is 4.79 Å². The number of carbonyl (C=O) groups excluding carboxylic acids is 1. The van der Waals surface area contributed by atoms with Gasteiger partial charge in [0.1, 0.15) is 6.79 Å². The van der Waals surface area contributed by atoms with Crippen LogP contribution >= 0.6 is 0 Å². The first-order valence-corrected chi connectivity index (χ1v) is 6.20. The quantitative estimate of drug-likeness (QED) is 0.327. The molecular weight excluding hydrogens is 238 g/mol. The lowest BCUT2D eigenvalue weighted by molar-refractivity contribution is -0.122. The van der Waals surface area contributed by atoms with Gasteiger partial charge in [-0.1, -0.05) is 0 Å². The Hall–Kier alpha value is -0.843. The lowest BCUT2D eigenvalue weighted by Crippen LogP contribution is -2.39. The van der Waals surface area contributed by atoms with Crippen LogP contribution in [0.4, 0.5) is 0 Å². The first-order valence-electron chi connectivity index (χ1n) is 4.19. The van der Waals surface area contributed by atoms with Gasteiger partial charge in [0.05, 0.1) is 0 Å². The van der Waals surface area contributed by atoms with Gasteiger partial charge in [-0.25, -0.2) is 0 Å². The van der Waals surface area contributed by atoms with Gasteiger partial charge >= 0.3 is 8.80 Å². The average molecular weight is 259 g/mol. The largest absolute Gasteiger partial charge is 0.495 e. The first-order chi connectivity index (χ1) is 7.04. The van der Waals surface area contributed by atoms with Gasteiger partial charge in [0, 0.05) is 12.7 Å². The molecule has 0 aliphatic heterocycles. The summed E-state index contributed by atoms with van der Waals surface area (Å²) in [4.78, 5) is 34.5. The van der Waals surface area contributed by atoms with Gasteiger partial charge < -0.3 is 35.1 Å². The molecule has 0 unspecified atom stereocenters. The lowest BCUT2D eigenvalue weighted by atomic mass is 10.5. The minimum absolute atomic E-state index is 0. The molecule has 0 saturated heterocycles. The van der Waals surface area contributed by atoms with Crippen LogP contribution in [0.3, 0.4) is 0 Å². The Bertz CT molecular complexity index is 136. The van der Waals surface area contributed by atoms with Crippen molar-refractivity contribution in [3.05, 3.63) is 0 Å². The third kappa shape index (κ3) is 29.2. The van der Waals surface area contributed by atoms with E-state index in [-0.39, 0.29) is 11.9 Å². The number of carbonyl (C=O) groups is 2. The topological polar surface area (TPSA) is 162 Å². The molecule has 7 N–H and O–H groups in total. The smallest absolute Gasteiger partial charge is 0.483 e. The van der Waals surface area contributed by atoms with Crippen molar-refractivity contribution in [3.8, 4) is 0 Å². The summed E-state index contributed by atoms with van der Waals surface area (Å²) in [5.41, 5.74) is 5.18. The van der Waals surface area contributed by atoms with Gasteiger partial charge in [-0.05, 0) is 19.9 Å². The van der Waals surface area contributed by atoms with Crippen LogP contribution in [-0.2, 0) is 14.0 Å². The maximum Gasteiger partial charge on any atom is 0.495 e. The number of hydrogen-bond donors (Lipinski definition) is 4. The fraction of sp³-hybridized carbons (Fsp3) is 0.714. The van der Waals surface area contributed by atoms with Crippen molar-refractivity contribution in [2.75, 3.05) is 13.2 Å². The van der Waals surface area contributed by atoms with E-state index in [1.807, 2.05) is 6.79 Å². The fourth-order valence-electron chi connectivity index (χ4n) is 0.636. The second kappa shape index (κ2) is 19.7. The Morgan fingerprint density at radius 2 is 1.81 bits per heavy atom. The van der Waals surface area contributed by atoms with Crippen molar-refractivity contribution in [1.82, 2.24) is 0 Å². The fourth-order valence-corrected chi connectivity index (χ4v) is 1.91. The van der Waals surface area contributed by atoms with Gasteiger partial charge in [0.15, 0.2) is 0 Å².